The van der Waals surface area contributed by atoms with Crippen LogP contribution in [0, 0.1) is 73.3 Å². The van der Waals surface area contributed by atoms with Crippen molar-refractivity contribution in [2.75, 3.05) is 0 Å². The molecule has 3 N–H and O–H groups in total. The molecule has 9 heteroatoms. The van der Waals surface area contributed by atoms with Gasteiger partial charge in [-0.15, -0.1) is 0 Å². The zero-order valence-electron chi connectivity index (χ0n) is 37.1. The van der Waals surface area contributed by atoms with Gasteiger partial charge in [-0.25, -0.2) is 9.37 Å². The van der Waals surface area contributed by atoms with Crippen molar-refractivity contribution < 1.29 is 28.6 Å². The largest absolute Gasteiger partial charge is 0.481 e. The number of rotatable bonds is 9. The fourth-order valence-electron chi connectivity index (χ4n) is 15.8. The lowest BCUT2D eigenvalue weighted by Crippen LogP contribution is -2.68. The third-order valence-corrected chi connectivity index (χ3v) is 19.9. The Bertz CT molecular complexity index is 2010. The molecule has 7 saturated carbocycles. The van der Waals surface area contributed by atoms with E-state index in [2.05, 4.69) is 51.8 Å². The first-order valence-electron chi connectivity index (χ1n) is 23.2. The molecule has 0 aliphatic heterocycles. The second-order valence-corrected chi connectivity index (χ2v) is 23.4. The molecule has 9 rings (SSSR count). The van der Waals surface area contributed by atoms with E-state index in [0.29, 0.717) is 35.0 Å². The maximum atomic E-state index is 15.4. The van der Waals surface area contributed by atoms with E-state index in [0.717, 1.165) is 87.7 Å². The van der Waals surface area contributed by atoms with E-state index < -0.39 is 22.9 Å². The number of amides is 1. The first-order chi connectivity index (χ1) is 27.6. The van der Waals surface area contributed by atoms with Crippen LogP contribution in [0.2, 0.25) is 0 Å². The van der Waals surface area contributed by atoms with Gasteiger partial charge in [-0.2, -0.15) is 0 Å². The Morgan fingerprint density at radius 3 is 2.19 bits per heavy atom. The lowest BCUT2D eigenvalue weighted by atomic mass is 9.32. The van der Waals surface area contributed by atoms with E-state index in [9.17, 15) is 19.1 Å². The molecule has 10 atom stereocenters. The third kappa shape index (κ3) is 5.97. The van der Waals surface area contributed by atoms with Crippen molar-refractivity contribution in [3.63, 3.8) is 0 Å². The average molecular weight is 812 g/mol. The van der Waals surface area contributed by atoms with Gasteiger partial charge >= 0.3 is 11.9 Å². The number of H-pyrrole nitrogens is 1. The van der Waals surface area contributed by atoms with Gasteiger partial charge in [-0.3, -0.25) is 14.4 Å². The molecule has 7 aliphatic carbocycles. The van der Waals surface area contributed by atoms with Crippen molar-refractivity contribution in [3.8, 4) is 11.3 Å². The second kappa shape index (κ2) is 13.4. The molecule has 2 aromatic rings. The van der Waals surface area contributed by atoms with Gasteiger partial charge in [-0.1, -0.05) is 41.5 Å². The number of nitrogens with zero attached hydrogens (tertiary/aromatic N) is 1. The number of hydrogen-bond donors (Lipinski definition) is 3. The second-order valence-electron chi connectivity index (χ2n) is 23.4. The molecule has 8 nitrogen and oxygen atoms in total. The number of carboxylic acids is 1. The molecule has 1 amide bonds. The first-order valence-corrected chi connectivity index (χ1v) is 23.2. The van der Waals surface area contributed by atoms with Crippen molar-refractivity contribution in [3.05, 3.63) is 42.1 Å². The van der Waals surface area contributed by atoms with Gasteiger partial charge in [0.1, 0.15) is 17.7 Å². The number of ether oxygens (including phenoxy) is 1. The van der Waals surface area contributed by atoms with Crippen molar-refractivity contribution >= 4 is 17.8 Å². The summed E-state index contributed by atoms with van der Waals surface area (Å²) in [5, 5.41) is 13.4. The highest BCUT2D eigenvalue weighted by molar-refractivity contribution is 5.85. The van der Waals surface area contributed by atoms with E-state index in [1.807, 2.05) is 6.20 Å². The minimum absolute atomic E-state index is 0.101. The van der Waals surface area contributed by atoms with Crippen LogP contribution in [0.4, 0.5) is 4.39 Å². The Balaban J connectivity index is 0.982. The molecule has 59 heavy (non-hydrogen) atoms. The number of aliphatic carboxylic acids is 1. The molecule has 0 unspecified atom stereocenters. The maximum Gasteiger partial charge on any atom is 0.309 e. The average Bonchev–Trinajstić information content (AvgIpc) is 3.51. The number of halogens is 1. The van der Waals surface area contributed by atoms with Gasteiger partial charge in [-0.05, 0) is 191 Å². The van der Waals surface area contributed by atoms with Crippen LogP contribution < -0.4 is 5.32 Å². The maximum absolute atomic E-state index is 15.4. The van der Waals surface area contributed by atoms with Crippen LogP contribution in [0.5, 0.6) is 0 Å². The standard InChI is InChI=1S/C50H70FN3O5/c1-43(2,42(57)58)28-38(55)59-37-18-21-46(6)35(44(37,3)4)17-22-48(8)36(46)15-14-33-39-32(45(5)24-25-45)16-23-49(39,27-26-47(33,48)7)41(56)54-50(19-9-20-50)40-52-29-34(53-40)30-10-12-31(51)13-11-30/h10-13,29,32-33,35-37,39H,9,14-28H2,1-8H3,(H,52,53)(H,54,56)(H,57,58)/t32-,33-,35+,36-,37+,39-,46+,47-,48-,49+/m1/s1. The predicted octanol–water partition coefficient (Wildman–Crippen LogP) is 11.0. The molecule has 322 valence electrons. The summed E-state index contributed by atoms with van der Waals surface area (Å²) in [6.45, 7) is 18.2. The van der Waals surface area contributed by atoms with E-state index in [1.165, 1.54) is 37.8 Å². The number of carboxylic acid groups (broad SMARTS) is 1. The lowest BCUT2D eigenvalue weighted by molar-refractivity contribution is -0.251. The zero-order chi connectivity index (χ0) is 42.2. The van der Waals surface area contributed by atoms with E-state index >= 15 is 4.79 Å². The van der Waals surface area contributed by atoms with Crippen LogP contribution in [-0.4, -0.2) is 39.0 Å². The molecular formula is C50H70FN3O5. The minimum Gasteiger partial charge on any atom is -0.481 e. The summed E-state index contributed by atoms with van der Waals surface area (Å²) in [6, 6.07) is 6.50. The van der Waals surface area contributed by atoms with Crippen LogP contribution >= 0.6 is 0 Å². The van der Waals surface area contributed by atoms with Crippen LogP contribution in [0.15, 0.2) is 30.5 Å². The summed E-state index contributed by atoms with van der Waals surface area (Å²) >= 11 is 0. The predicted molar refractivity (Wildman–Crippen MR) is 225 cm³/mol. The third-order valence-electron chi connectivity index (χ3n) is 19.9. The monoisotopic (exact) mass is 812 g/mol. The van der Waals surface area contributed by atoms with Crippen LogP contribution in [0.3, 0.4) is 0 Å². The van der Waals surface area contributed by atoms with Crippen molar-refractivity contribution in [2.45, 2.75) is 170 Å². The topological polar surface area (TPSA) is 121 Å². The number of fused-ring (bicyclic) bond motifs is 7. The molecule has 7 fully saturated rings. The summed E-state index contributed by atoms with van der Waals surface area (Å²) in [4.78, 5) is 48.8. The van der Waals surface area contributed by atoms with Gasteiger partial charge in [0.05, 0.1) is 34.7 Å². The van der Waals surface area contributed by atoms with E-state index in [4.69, 9.17) is 9.72 Å². The molecule has 1 aromatic heterocycles. The number of hydrogen-bond acceptors (Lipinski definition) is 5. The quantitative estimate of drug-likeness (QED) is 0.217. The Morgan fingerprint density at radius 1 is 0.831 bits per heavy atom. The van der Waals surface area contributed by atoms with Crippen molar-refractivity contribution in [1.82, 2.24) is 15.3 Å². The van der Waals surface area contributed by atoms with E-state index in [-0.39, 0.29) is 51.3 Å². The highest BCUT2D eigenvalue weighted by Crippen LogP contribution is 2.79. The molecule has 0 saturated heterocycles. The molecule has 0 bridgehead atoms. The van der Waals surface area contributed by atoms with Crippen LogP contribution in [0.25, 0.3) is 11.3 Å². The zero-order valence-corrected chi connectivity index (χ0v) is 37.1. The Labute approximate surface area is 351 Å². The summed E-state index contributed by atoms with van der Waals surface area (Å²) in [5.41, 5.74) is 0.140. The number of carbonyl (C=O) groups is 3. The summed E-state index contributed by atoms with van der Waals surface area (Å²) in [7, 11) is 0. The molecule has 1 aromatic carbocycles. The molecular weight excluding hydrogens is 742 g/mol. The number of aromatic amines is 1. The van der Waals surface area contributed by atoms with Gasteiger partial charge in [0.15, 0.2) is 0 Å². The Morgan fingerprint density at radius 2 is 1.54 bits per heavy atom. The summed E-state index contributed by atoms with van der Waals surface area (Å²) in [6.07, 6.45) is 17.3. The Kier molecular flexibility index (Phi) is 9.33. The Hall–Kier alpha value is -3.23. The molecule has 0 radical (unpaired) electrons. The van der Waals surface area contributed by atoms with Crippen molar-refractivity contribution in [2.24, 2.45) is 67.5 Å². The SMILES string of the molecule is CC(C)(CC(=O)O[C@H]1CC[C@]2(C)[C@H]3CC[C@@H]4[C@H]5[C@H](C6(C)CC6)CC[C@]5(C(=O)NC5(c6ncc(-c7ccc(F)cc7)[nH]6)CCC5)CC[C@@]4(C)[C@]3(C)CC[C@H]2C1(C)C)C(=O)O. The highest BCUT2D eigenvalue weighted by atomic mass is 19.1. The number of carbonyl (C=O) groups excluding carboxylic acids is 2. The smallest absolute Gasteiger partial charge is 0.309 e. The fraction of sp³-hybridized carbons (Fsp3) is 0.760. The number of esters is 1. The van der Waals surface area contributed by atoms with Gasteiger partial charge < -0.3 is 20.1 Å². The minimum atomic E-state index is -1.16. The summed E-state index contributed by atoms with van der Waals surface area (Å²) < 4.78 is 20.0. The number of aromatic nitrogens is 2. The van der Waals surface area contributed by atoms with E-state index in [1.54, 1.807) is 26.0 Å². The van der Waals surface area contributed by atoms with Crippen molar-refractivity contribution in [1.29, 1.82) is 0 Å². The number of imidazole rings is 1. The first kappa shape index (κ1) is 41.1. The number of benzene rings is 1. The summed E-state index contributed by atoms with van der Waals surface area (Å²) in [5.74, 6) is 1.79. The highest BCUT2D eigenvalue weighted by Gasteiger charge is 2.74. The fourth-order valence-corrected chi connectivity index (χ4v) is 15.8. The normalized spacial score (nSPS) is 39.9. The van der Waals surface area contributed by atoms with Gasteiger partial charge in [0, 0.05) is 5.41 Å². The van der Waals surface area contributed by atoms with Crippen LogP contribution in [0.1, 0.15) is 164 Å². The van der Waals surface area contributed by atoms with Crippen LogP contribution in [-0.2, 0) is 24.7 Å². The van der Waals surface area contributed by atoms with Gasteiger partial charge in [0.2, 0.25) is 5.91 Å². The van der Waals surface area contributed by atoms with Gasteiger partial charge in [0.25, 0.3) is 0 Å². The molecule has 7 aliphatic rings. The lowest BCUT2D eigenvalue weighted by Gasteiger charge is -2.73. The molecule has 0 spiro atoms. The number of nitrogens with one attached hydrogen (secondary N) is 2. The molecule has 1 heterocycles.